The normalized spacial score (nSPS) is 19.7. The molecular weight excluding hydrogens is 997 g/mol. The Bertz CT molecular complexity index is 4480. The third-order valence-corrected chi connectivity index (χ3v) is 19.7. The van der Waals surface area contributed by atoms with Crippen LogP contribution in [-0.2, 0) is 10.8 Å². The summed E-state index contributed by atoms with van der Waals surface area (Å²) in [4.78, 5) is 4.72. The van der Waals surface area contributed by atoms with E-state index in [1.807, 2.05) is 0 Å². The summed E-state index contributed by atoms with van der Waals surface area (Å²) in [6, 6.07) is 70.8. The van der Waals surface area contributed by atoms with E-state index in [-0.39, 0.29) is 17.6 Å². The molecule has 17 rings (SSSR count). The molecule has 0 saturated carbocycles. The number of rotatable bonds is 2. The first kappa shape index (κ1) is 46.5. The Labute approximate surface area is 470 Å². The first-order valence-electron chi connectivity index (χ1n) is 28.3. The van der Waals surface area contributed by atoms with E-state index in [1.54, 1.807) is 0 Å². The minimum atomic E-state index is -0.673. The molecule has 0 unspecified atom stereocenters. The van der Waals surface area contributed by atoms with Crippen molar-refractivity contribution in [3.05, 3.63) is 205 Å². The molecule has 8 heteroatoms. The lowest BCUT2D eigenvalue weighted by molar-refractivity contribution is 0.0216. The molecule has 5 aliphatic rings. The van der Waals surface area contributed by atoms with Gasteiger partial charge in [0, 0.05) is 58.1 Å². The molecule has 2 N–H and O–H groups in total. The van der Waals surface area contributed by atoms with Gasteiger partial charge in [-0.3, -0.25) is 0 Å². The smallest absolute Gasteiger partial charge is 0.230 e. The van der Waals surface area contributed by atoms with Gasteiger partial charge < -0.3 is 39.4 Å². The van der Waals surface area contributed by atoms with E-state index in [2.05, 4.69) is 256 Å². The maximum absolute atomic E-state index is 7.48. The average molecular weight is 1060 g/mol. The summed E-state index contributed by atoms with van der Waals surface area (Å²) >= 11 is 0. The molecular formula is C73H58N4O4. The van der Waals surface area contributed by atoms with Crippen LogP contribution >= 0.6 is 0 Å². The predicted molar refractivity (Wildman–Crippen MR) is 333 cm³/mol. The second-order valence-electron chi connectivity index (χ2n) is 24.1. The highest BCUT2D eigenvalue weighted by atomic mass is 16.7. The fourth-order valence-corrected chi connectivity index (χ4v) is 15.2. The van der Waals surface area contributed by atoms with Crippen LogP contribution in [0.15, 0.2) is 194 Å². The molecule has 5 heterocycles. The highest BCUT2D eigenvalue weighted by Gasteiger charge is 2.61. The van der Waals surface area contributed by atoms with Crippen molar-refractivity contribution in [2.24, 2.45) is 0 Å². The lowest BCUT2D eigenvalue weighted by Gasteiger charge is -2.49. The van der Waals surface area contributed by atoms with Crippen LogP contribution in [0.4, 0.5) is 22.7 Å². The fraction of sp³-hybridized carbons (Fsp3) is 0.178. The van der Waals surface area contributed by atoms with Crippen molar-refractivity contribution < 1.29 is 18.9 Å². The number of nitrogens with zero attached hydrogens (tertiary/aromatic N) is 2. The first-order chi connectivity index (χ1) is 39.4. The van der Waals surface area contributed by atoms with Gasteiger partial charge in [-0.05, 0) is 153 Å². The van der Waals surface area contributed by atoms with Crippen molar-refractivity contribution >= 4 is 87.4 Å². The molecule has 394 valence electrons. The van der Waals surface area contributed by atoms with Crippen molar-refractivity contribution in [2.45, 2.75) is 50.0 Å². The Hall–Kier alpha value is -9.40. The second-order valence-corrected chi connectivity index (χ2v) is 24.1. The number of nitrogens with one attached hydrogen (secondary N) is 2. The predicted octanol–water partition coefficient (Wildman–Crippen LogP) is 17.2. The summed E-state index contributed by atoms with van der Waals surface area (Å²) in [6.45, 7) is 10.7. The van der Waals surface area contributed by atoms with Crippen LogP contribution in [0.5, 0.6) is 23.0 Å². The number of hydrogen-bond acceptors (Lipinski definition) is 8. The van der Waals surface area contributed by atoms with Gasteiger partial charge in [-0.2, -0.15) is 0 Å². The van der Waals surface area contributed by atoms with E-state index in [9.17, 15) is 0 Å². The van der Waals surface area contributed by atoms with Crippen LogP contribution in [0.25, 0.3) is 98.0 Å². The number of benzene rings is 12. The molecule has 81 heavy (non-hydrogen) atoms. The summed E-state index contributed by atoms with van der Waals surface area (Å²) in [5, 5.41) is 21.8. The van der Waals surface area contributed by atoms with E-state index >= 15 is 0 Å². The lowest BCUT2D eigenvalue weighted by atomic mass is 9.76. The number of ether oxygens (including phenoxy) is 4. The minimum absolute atomic E-state index is 0.129. The van der Waals surface area contributed by atoms with Crippen LogP contribution in [0.1, 0.15) is 38.8 Å². The van der Waals surface area contributed by atoms with Gasteiger partial charge in [0.15, 0.2) is 11.5 Å². The lowest BCUT2D eigenvalue weighted by Crippen LogP contribution is -2.64. The maximum Gasteiger partial charge on any atom is 0.230 e. The Kier molecular flexibility index (Phi) is 9.26. The zero-order valence-electron chi connectivity index (χ0n) is 46.1. The van der Waals surface area contributed by atoms with Gasteiger partial charge in [-0.15, -0.1) is 0 Å². The average Bonchev–Trinajstić information content (AvgIpc) is 3.52. The second kappa shape index (κ2) is 16.1. The summed E-state index contributed by atoms with van der Waals surface area (Å²) in [7, 11) is 4.37. The van der Waals surface area contributed by atoms with Crippen LogP contribution in [-0.4, -0.2) is 45.4 Å². The zero-order valence-corrected chi connectivity index (χ0v) is 46.1. The molecule has 12 aromatic rings. The number of fused-ring (bicyclic) bond motifs is 21. The molecule has 0 aliphatic carbocycles. The minimum Gasteiger partial charge on any atom is -0.462 e. The Morgan fingerprint density at radius 3 is 1.15 bits per heavy atom. The highest BCUT2D eigenvalue weighted by molar-refractivity contribution is 6.19. The Morgan fingerprint density at radius 1 is 0.370 bits per heavy atom. The largest absolute Gasteiger partial charge is 0.462 e. The molecule has 5 aliphatic heterocycles. The van der Waals surface area contributed by atoms with Crippen LogP contribution in [0.2, 0.25) is 0 Å². The summed E-state index contributed by atoms with van der Waals surface area (Å²) in [5.74, 6) is 3.44. The topological polar surface area (TPSA) is 67.5 Å². The quantitative estimate of drug-likeness (QED) is 0.166. The number of likely N-dealkylation sites (N-methyl/N-ethyl adjacent to an activating group) is 2. The van der Waals surface area contributed by atoms with E-state index in [4.69, 9.17) is 18.9 Å². The molecule has 0 saturated heterocycles. The van der Waals surface area contributed by atoms with Crippen LogP contribution in [0.3, 0.4) is 0 Å². The third kappa shape index (κ3) is 6.04. The SMILES string of the molecule is CN1c2ccc(-c3ccc4c5c(ccc4c3)OCOc3ccc4cc(-c6ccc7c(c6)C(C)(C)[C@@]6(CNc8c(c9ccccc9c9ccccc89)O6)N7C)ccc4c3-5)cc2C(C)(C)[C@@]12CNc1c(c3ccccc3c3ccccc13)O2. The highest BCUT2D eigenvalue weighted by Crippen LogP contribution is 2.59. The van der Waals surface area contributed by atoms with Crippen molar-refractivity contribution in [1.82, 2.24) is 0 Å². The monoisotopic (exact) mass is 1050 g/mol. The van der Waals surface area contributed by atoms with Crippen molar-refractivity contribution in [3.8, 4) is 56.4 Å². The molecule has 0 aromatic heterocycles. The molecule has 0 radical (unpaired) electrons. The molecule has 12 aromatic carbocycles. The third-order valence-electron chi connectivity index (χ3n) is 19.7. The number of anilines is 4. The van der Waals surface area contributed by atoms with Gasteiger partial charge in [0.25, 0.3) is 0 Å². The van der Waals surface area contributed by atoms with Gasteiger partial charge in [0.1, 0.15) is 11.5 Å². The zero-order chi connectivity index (χ0) is 54.3. The van der Waals surface area contributed by atoms with Gasteiger partial charge in [0.2, 0.25) is 18.2 Å². The Balaban J connectivity index is 0.709. The molecule has 0 fully saturated rings. The van der Waals surface area contributed by atoms with Crippen molar-refractivity contribution in [1.29, 1.82) is 0 Å². The van der Waals surface area contributed by atoms with Gasteiger partial charge in [0.05, 0.1) is 35.3 Å². The van der Waals surface area contributed by atoms with E-state index in [0.717, 1.165) is 100 Å². The molecule has 0 bridgehead atoms. The Morgan fingerprint density at radius 2 is 0.728 bits per heavy atom. The first-order valence-corrected chi connectivity index (χ1v) is 28.3. The molecule has 8 nitrogen and oxygen atoms in total. The molecule has 2 spiro atoms. The van der Waals surface area contributed by atoms with Gasteiger partial charge in [-0.1, -0.05) is 146 Å². The van der Waals surface area contributed by atoms with Crippen LogP contribution in [0, 0.1) is 0 Å². The van der Waals surface area contributed by atoms with Crippen LogP contribution < -0.4 is 39.4 Å². The van der Waals surface area contributed by atoms with Crippen molar-refractivity contribution in [3.63, 3.8) is 0 Å². The van der Waals surface area contributed by atoms with Gasteiger partial charge >= 0.3 is 0 Å². The van der Waals surface area contributed by atoms with E-state index in [1.165, 1.54) is 54.8 Å². The number of hydrogen-bond donors (Lipinski definition) is 2. The van der Waals surface area contributed by atoms with Gasteiger partial charge in [-0.25, -0.2) is 0 Å². The standard InChI is InChI=1S/C73H58N4O4/c1-70(2)58-37-44(25-31-60(58)76(5)72(70)39-74-66-54-19-11-7-15-50(54)52-17-9-13-21-56(52)68(66)80-72)42-23-29-48-46(35-42)27-33-62-64(48)65-49-30-24-43(36-47(49)28-34-63(65)79-41-78-62)45-26-32-61-59(38-45)71(3,4)73(77(61)6)40-75-67-55-20-12-8-16-51(55)53-18-10-14-22-57(53)69(67)81-73/h7-38,74-75H,39-41H2,1-6H3/t72-,73-/m0/s1. The van der Waals surface area contributed by atoms with Crippen molar-refractivity contribution in [2.75, 3.05) is 54.4 Å². The van der Waals surface area contributed by atoms with E-state index in [0.29, 0.717) is 13.1 Å². The summed E-state index contributed by atoms with van der Waals surface area (Å²) < 4.78 is 27.8. The molecule has 2 atom stereocenters. The molecule has 0 amide bonds. The van der Waals surface area contributed by atoms with E-state index < -0.39 is 11.4 Å². The fourth-order valence-electron chi connectivity index (χ4n) is 15.2. The summed E-state index contributed by atoms with van der Waals surface area (Å²) in [6.07, 6.45) is 0. The maximum atomic E-state index is 7.48. The summed E-state index contributed by atoms with van der Waals surface area (Å²) in [5.41, 5.74) is 11.6.